The number of hydrogen-bond acceptors (Lipinski definition) is 3. The van der Waals surface area contributed by atoms with Crippen molar-refractivity contribution < 1.29 is 65.8 Å². The summed E-state index contributed by atoms with van der Waals surface area (Å²) >= 11 is 0. The minimum Gasteiger partial charge on any atom is -0.545 e. The number of carboxylic acid groups (broad SMARTS) is 2. The van der Waals surface area contributed by atoms with Crippen LogP contribution in [0.5, 0.6) is 0 Å². The van der Waals surface area contributed by atoms with Crippen molar-refractivity contribution >= 4 is 11.9 Å². The van der Waals surface area contributed by atoms with Gasteiger partial charge in [-0.05, 0) is 6.08 Å². The van der Waals surface area contributed by atoms with Gasteiger partial charge in [0.05, 0.1) is 5.97 Å². The van der Waals surface area contributed by atoms with Gasteiger partial charge in [-0.15, -0.1) is 0 Å². The maximum Gasteiger partial charge on any atom is 1.00 e. The van der Waals surface area contributed by atoms with Gasteiger partial charge in [0.25, 0.3) is 0 Å². The second-order valence-electron chi connectivity index (χ2n) is 0.991. The summed E-state index contributed by atoms with van der Waals surface area (Å²) in [6, 6.07) is 0. The monoisotopic (exact) mass is 192 g/mol. The van der Waals surface area contributed by atoms with Gasteiger partial charge >= 0.3 is 35.5 Å². The van der Waals surface area contributed by atoms with E-state index < -0.39 is 11.9 Å². The summed E-state index contributed by atoms with van der Waals surface area (Å²) in [5.74, 6) is -2.80. The normalized spacial score (nSPS) is 6.33. The van der Waals surface area contributed by atoms with Crippen molar-refractivity contribution in [1.82, 2.24) is 0 Å². The molecule has 0 aliphatic carbocycles. The topological polar surface area (TPSA) is 172 Å². The molecule has 0 aliphatic rings. The molecule has 0 rings (SSSR count). The first-order valence-electron chi connectivity index (χ1n) is 1.75. The fourth-order valence-electron chi connectivity index (χ4n) is 0.139. The zero-order chi connectivity index (χ0) is 6.57. The molecule has 0 atom stereocenters. The summed E-state index contributed by atoms with van der Waals surface area (Å²) in [5, 5.41) is 17.2. The average molecular weight is 192 g/mol. The molecule has 0 spiro atoms. The third-order valence-electron chi connectivity index (χ3n) is 0.362. The summed E-state index contributed by atoms with van der Waals surface area (Å²) in [4.78, 5) is 19.0. The first kappa shape index (κ1) is 30.0. The number of carbonyl (C=O) groups is 2. The molecule has 0 fully saturated rings. The minimum atomic E-state index is -1.51. The van der Waals surface area contributed by atoms with E-state index in [1.165, 1.54) is 0 Å². The molecular weight excluding hydrogens is 183 g/mol. The quantitative estimate of drug-likeness (QED) is 0.338. The Labute approximate surface area is 89.9 Å². The van der Waals surface area contributed by atoms with Crippen LogP contribution in [-0.2, 0) is 9.59 Å². The molecule has 7 N–H and O–H groups in total. The molecule has 0 bridgehead atoms. The van der Waals surface area contributed by atoms with Crippen molar-refractivity contribution in [3.63, 3.8) is 0 Å². The number of rotatable bonds is 2. The average Bonchev–Trinajstić information content (AvgIpc) is 1.61. The molecule has 68 valence electrons. The Balaban J connectivity index is -0.0000000408. The zero-order valence-electron chi connectivity index (χ0n) is 6.33. The Hall–Kier alpha value is -0.440. The molecule has 0 unspecified atom stereocenters. The molecule has 0 aliphatic heterocycles. The smallest absolute Gasteiger partial charge is 0.545 e. The third-order valence-corrected chi connectivity index (χ3v) is 0.362. The van der Waals surface area contributed by atoms with E-state index in [0.29, 0.717) is 12.2 Å². The molecule has 8 heteroatoms. The molecule has 0 aromatic rings. The van der Waals surface area contributed by atoms with Crippen molar-refractivity contribution in [2.45, 2.75) is 0 Å². The van der Waals surface area contributed by atoms with E-state index in [9.17, 15) is 14.7 Å². The first-order valence-corrected chi connectivity index (χ1v) is 1.75. The van der Waals surface area contributed by atoms with Crippen molar-refractivity contribution in [2.75, 3.05) is 0 Å². The van der Waals surface area contributed by atoms with Crippen molar-refractivity contribution in [2.24, 2.45) is 0 Å². The molecule has 0 aromatic carbocycles. The maximum absolute atomic E-state index is 9.53. The first-order chi connectivity index (χ1) is 3.63. The minimum absolute atomic E-state index is 0. The molecule has 7 nitrogen and oxygen atoms in total. The Kier molecular flexibility index (Phi) is 42.2. The van der Waals surface area contributed by atoms with Gasteiger partial charge in [0, 0.05) is 6.08 Å². The molecule has 0 radical (unpaired) electrons. The SMILES string of the molecule is O.O.O.O=C([O-])/C=C/C(=O)O.[Na+]. The van der Waals surface area contributed by atoms with Crippen LogP contribution >= 0.6 is 0 Å². The summed E-state index contributed by atoms with van der Waals surface area (Å²) in [7, 11) is 0. The molecule has 0 heterocycles. The zero-order valence-corrected chi connectivity index (χ0v) is 8.33. The van der Waals surface area contributed by atoms with E-state index in [-0.39, 0.29) is 46.0 Å². The molecule has 0 aromatic heterocycles. The Morgan fingerprint density at radius 2 is 1.42 bits per heavy atom. The van der Waals surface area contributed by atoms with E-state index in [2.05, 4.69) is 0 Å². The van der Waals surface area contributed by atoms with Crippen LogP contribution in [0.25, 0.3) is 0 Å². The molecular formula is C4H9NaO7. The number of carbonyl (C=O) groups excluding carboxylic acids is 1. The van der Waals surface area contributed by atoms with Crippen LogP contribution in [0.4, 0.5) is 0 Å². The van der Waals surface area contributed by atoms with Gasteiger partial charge in [-0.2, -0.15) is 0 Å². The standard InChI is InChI=1S/C4H4O4.Na.3H2O/c5-3(6)1-2-4(7)8;;;;/h1-2H,(H,5,6)(H,7,8);;3*1H2/q;+1;;;/p-1/b2-1+;;;;. The second kappa shape index (κ2) is 16.9. The van der Waals surface area contributed by atoms with Crippen LogP contribution < -0.4 is 34.7 Å². The van der Waals surface area contributed by atoms with Crippen LogP contribution in [0.2, 0.25) is 0 Å². The van der Waals surface area contributed by atoms with Gasteiger partial charge in [0.15, 0.2) is 0 Å². The van der Waals surface area contributed by atoms with Crippen LogP contribution in [-0.4, -0.2) is 33.5 Å². The van der Waals surface area contributed by atoms with Crippen molar-refractivity contribution in [3.8, 4) is 0 Å². The predicted molar refractivity (Wildman–Crippen MR) is 32.6 cm³/mol. The van der Waals surface area contributed by atoms with E-state index in [1.54, 1.807) is 0 Å². The van der Waals surface area contributed by atoms with Gasteiger partial charge in [-0.1, -0.05) is 0 Å². The van der Waals surface area contributed by atoms with Crippen molar-refractivity contribution in [1.29, 1.82) is 0 Å². The van der Waals surface area contributed by atoms with E-state index in [0.717, 1.165) is 0 Å². The summed E-state index contributed by atoms with van der Waals surface area (Å²) < 4.78 is 0. The second-order valence-corrected chi connectivity index (χ2v) is 0.991. The number of aliphatic carboxylic acids is 2. The Bertz CT molecular complexity index is 126. The fourth-order valence-corrected chi connectivity index (χ4v) is 0.139. The molecule has 0 saturated carbocycles. The fraction of sp³-hybridized carbons (Fsp3) is 0. The summed E-state index contributed by atoms with van der Waals surface area (Å²) in [6.07, 6.45) is 0.942. The molecule has 12 heavy (non-hydrogen) atoms. The molecule has 0 saturated heterocycles. The van der Waals surface area contributed by atoms with Crippen LogP contribution in [0, 0.1) is 0 Å². The largest absolute Gasteiger partial charge is 1.00 e. The third kappa shape index (κ3) is 33.7. The van der Waals surface area contributed by atoms with Gasteiger partial charge in [-0.25, -0.2) is 4.79 Å². The van der Waals surface area contributed by atoms with Gasteiger partial charge in [0.1, 0.15) is 0 Å². The van der Waals surface area contributed by atoms with Gasteiger partial charge in [-0.3, -0.25) is 0 Å². The van der Waals surface area contributed by atoms with E-state index in [4.69, 9.17) is 5.11 Å². The van der Waals surface area contributed by atoms with Crippen LogP contribution in [0.15, 0.2) is 12.2 Å². The van der Waals surface area contributed by atoms with Crippen molar-refractivity contribution in [3.05, 3.63) is 12.2 Å². The number of carboxylic acids is 2. The van der Waals surface area contributed by atoms with Gasteiger partial charge < -0.3 is 31.4 Å². The van der Waals surface area contributed by atoms with E-state index in [1.807, 2.05) is 0 Å². The number of hydrogen-bond donors (Lipinski definition) is 1. The maximum atomic E-state index is 9.53. The van der Waals surface area contributed by atoms with Crippen LogP contribution in [0.1, 0.15) is 0 Å². The summed E-state index contributed by atoms with van der Waals surface area (Å²) in [5.41, 5.74) is 0. The summed E-state index contributed by atoms with van der Waals surface area (Å²) in [6.45, 7) is 0. The van der Waals surface area contributed by atoms with E-state index >= 15 is 0 Å². The van der Waals surface area contributed by atoms with Crippen LogP contribution in [0.3, 0.4) is 0 Å². The Morgan fingerprint density at radius 1 is 1.08 bits per heavy atom. The Morgan fingerprint density at radius 3 is 1.50 bits per heavy atom. The van der Waals surface area contributed by atoms with Gasteiger partial charge in [0.2, 0.25) is 0 Å². The molecule has 0 amide bonds. The predicted octanol–water partition coefficient (Wildman–Crippen LogP) is -7.09.